The highest BCUT2D eigenvalue weighted by Crippen LogP contribution is 2.30. The van der Waals surface area contributed by atoms with E-state index in [0.29, 0.717) is 11.4 Å². The third-order valence-corrected chi connectivity index (χ3v) is 12.0. The summed E-state index contributed by atoms with van der Waals surface area (Å²) in [6.07, 6.45) is 2.79. The summed E-state index contributed by atoms with van der Waals surface area (Å²) >= 11 is 0. The van der Waals surface area contributed by atoms with Crippen LogP contribution in [0.1, 0.15) is 11.1 Å². The van der Waals surface area contributed by atoms with E-state index in [1.807, 2.05) is 36.4 Å². The molecule has 0 aliphatic rings. The van der Waals surface area contributed by atoms with Crippen LogP contribution < -0.4 is 31.1 Å². The minimum Gasteiger partial charge on any atom is -0.395 e. The molecule has 0 aliphatic carbocycles. The molecule has 2 aromatic heterocycles. The Morgan fingerprint density at radius 2 is 0.788 bits per heavy atom. The molecule has 0 saturated heterocycles. The molecule has 0 spiro atoms. The van der Waals surface area contributed by atoms with Crippen LogP contribution in [0, 0.1) is 0 Å². The number of aromatic nitrogens is 6. The summed E-state index contributed by atoms with van der Waals surface area (Å²) in [7, 11) is -6.77. The maximum Gasteiger partial charge on any atom is 0.297 e. The van der Waals surface area contributed by atoms with E-state index in [4.69, 9.17) is 8.37 Å². The second kappa shape index (κ2) is 22.8. The minimum absolute atomic E-state index is 0.00352. The highest BCUT2D eigenvalue weighted by molar-refractivity contribution is 7.87. The molecular weight excluding hydrogens is 897 g/mol. The molecule has 0 bridgehead atoms. The van der Waals surface area contributed by atoms with Crippen LogP contribution in [0.5, 0.6) is 0 Å². The topological polar surface area (TPSA) is 300 Å². The van der Waals surface area contributed by atoms with Gasteiger partial charge in [0.1, 0.15) is 9.79 Å². The smallest absolute Gasteiger partial charge is 0.297 e. The Balaban J connectivity index is 1.34. The van der Waals surface area contributed by atoms with Crippen LogP contribution in [0.4, 0.5) is 58.4 Å². The third kappa shape index (κ3) is 12.9. The fraction of sp³-hybridized carbons (Fsp3) is 0.238. The van der Waals surface area contributed by atoms with Gasteiger partial charge in [0.2, 0.25) is 35.7 Å². The molecule has 66 heavy (non-hydrogen) atoms. The number of para-hydroxylation sites is 2. The van der Waals surface area contributed by atoms with Crippen LogP contribution in [0.15, 0.2) is 107 Å². The lowest BCUT2D eigenvalue weighted by Gasteiger charge is -2.21. The molecule has 6 aromatic rings. The molecule has 0 radical (unpaired) electrons. The second-order valence-corrected chi connectivity index (χ2v) is 17.1. The van der Waals surface area contributed by atoms with Gasteiger partial charge in [-0.15, -0.1) is 0 Å². The molecule has 22 nitrogen and oxygen atoms in total. The van der Waals surface area contributed by atoms with Crippen molar-refractivity contribution in [2.75, 3.05) is 97.9 Å². The zero-order valence-electron chi connectivity index (χ0n) is 35.7. The number of nitrogens with one attached hydrogen (secondary N) is 4. The molecule has 4 aromatic carbocycles. The van der Waals surface area contributed by atoms with Gasteiger partial charge in [0.25, 0.3) is 20.2 Å². The van der Waals surface area contributed by atoms with E-state index < -0.39 is 20.2 Å². The average Bonchev–Trinajstić information content (AvgIpc) is 3.31. The Morgan fingerprint density at radius 1 is 0.470 bits per heavy atom. The van der Waals surface area contributed by atoms with Gasteiger partial charge >= 0.3 is 0 Å². The van der Waals surface area contributed by atoms with Crippen molar-refractivity contribution in [2.45, 2.75) is 9.79 Å². The first-order valence-electron chi connectivity index (χ1n) is 20.1. The summed E-state index contributed by atoms with van der Waals surface area (Å²) in [5.74, 6) is 0.464. The van der Waals surface area contributed by atoms with Gasteiger partial charge in [0, 0.05) is 48.9 Å². The van der Waals surface area contributed by atoms with Gasteiger partial charge in [-0.2, -0.15) is 46.7 Å². The Kier molecular flexibility index (Phi) is 16.8. The molecule has 8 N–H and O–H groups in total. The van der Waals surface area contributed by atoms with Crippen molar-refractivity contribution in [3.63, 3.8) is 0 Å². The van der Waals surface area contributed by atoms with E-state index in [1.54, 1.807) is 46.2 Å². The lowest BCUT2D eigenvalue weighted by molar-refractivity contribution is 0.279. The molecular formula is C42H48N12O10S2. The molecule has 0 fully saturated rings. The lowest BCUT2D eigenvalue weighted by atomic mass is 10.1. The number of benzene rings is 4. The van der Waals surface area contributed by atoms with Crippen LogP contribution >= 0.6 is 0 Å². The van der Waals surface area contributed by atoms with Crippen LogP contribution in [0.2, 0.25) is 0 Å². The summed E-state index contributed by atoms with van der Waals surface area (Å²) in [6, 6.07) is 26.8. The van der Waals surface area contributed by atoms with Crippen LogP contribution in [0.25, 0.3) is 12.2 Å². The molecule has 0 saturated carbocycles. The first-order chi connectivity index (χ1) is 31.9. The second-order valence-electron chi connectivity index (χ2n) is 13.7. The van der Waals surface area contributed by atoms with Crippen LogP contribution in [-0.4, -0.2) is 134 Å². The average molecular weight is 945 g/mol. The standard InChI is InChI=1S/C42H48N12O10S2/c1-63-65(59,60)35-27-33(45-39-47-37(43-31-9-5-3-6-10-31)49-41(51-39)53(19-23-55)20-24-56)17-15-29(35)13-14-30-16-18-34(28-36(30)66(61,62)64-2)46-40-48-38(44-32-11-7-4-8-12-32)50-42(52-40)54(21-25-57)22-26-58/h3-18,27-28,55-58H,19-26H2,1-2H3,(H2,43,45,47,49,51)(H2,44,46,48,50,52). The first-order valence-corrected chi connectivity index (χ1v) is 22.9. The molecule has 0 unspecified atom stereocenters. The quantitative estimate of drug-likeness (QED) is 0.0318. The lowest BCUT2D eigenvalue weighted by Crippen LogP contribution is -2.31. The van der Waals surface area contributed by atoms with Gasteiger partial charge < -0.3 is 51.5 Å². The van der Waals surface area contributed by atoms with Crippen molar-refractivity contribution in [2.24, 2.45) is 0 Å². The normalized spacial score (nSPS) is 11.7. The Hall–Kier alpha value is -6.90. The number of anilines is 10. The van der Waals surface area contributed by atoms with Crippen LogP contribution in [0.3, 0.4) is 0 Å². The van der Waals surface area contributed by atoms with Gasteiger partial charge in [-0.25, -0.2) is 0 Å². The zero-order valence-corrected chi connectivity index (χ0v) is 37.3. The summed E-state index contributed by atoms with van der Waals surface area (Å²) in [5.41, 5.74) is 2.01. The van der Waals surface area contributed by atoms with E-state index in [-0.39, 0.29) is 121 Å². The molecule has 2 heterocycles. The molecule has 348 valence electrons. The number of aliphatic hydroxyl groups excluding tert-OH is 4. The summed E-state index contributed by atoms with van der Waals surface area (Å²) in [4.78, 5) is 29.3. The van der Waals surface area contributed by atoms with E-state index >= 15 is 0 Å². The fourth-order valence-corrected chi connectivity index (χ4v) is 7.94. The summed E-state index contributed by atoms with van der Waals surface area (Å²) < 4.78 is 63.3. The zero-order chi connectivity index (χ0) is 47.1. The number of hydrogen-bond donors (Lipinski definition) is 8. The van der Waals surface area contributed by atoms with Gasteiger partial charge in [0.05, 0.1) is 40.6 Å². The molecule has 24 heteroatoms. The fourth-order valence-electron chi connectivity index (χ4n) is 6.19. The van der Waals surface area contributed by atoms with Gasteiger partial charge in [-0.1, -0.05) is 60.7 Å². The number of nitrogens with zero attached hydrogens (tertiary/aromatic N) is 8. The van der Waals surface area contributed by atoms with Crippen molar-refractivity contribution >= 4 is 90.8 Å². The van der Waals surface area contributed by atoms with Crippen molar-refractivity contribution < 1.29 is 45.6 Å². The monoisotopic (exact) mass is 944 g/mol. The van der Waals surface area contributed by atoms with E-state index in [9.17, 15) is 37.3 Å². The van der Waals surface area contributed by atoms with Crippen molar-refractivity contribution in [3.8, 4) is 0 Å². The Morgan fingerprint density at radius 3 is 1.09 bits per heavy atom. The predicted octanol–water partition coefficient (Wildman–Crippen LogP) is 3.45. The van der Waals surface area contributed by atoms with E-state index in [2.05, 4.69) is 51.2 Å². The molecule has 6 rings (SSSR count). The maximum absolute atomic E-state index is 13.4. The summed E-state index contributed by atoms with van der Waals surface area (Å²) in [6.45, 7) is -0.609. The first kappa shape index (κ1) is 48.6. The number of aliphatic hydroxyl groups is 4. The third-order valence-electron chi connectivity index (χ3n) is 9.31. The molecule has 0 aliphatic heterocycles. The van der Waals surface area contributed by atoms with Gasteiger partial charge in [-0.3, -0.25) is 8.37 Å². The minimum atomic E-state index is -4.39. The largest absolute Gasteiger partial charge is 0.395 e. The van der Waals surface area contributed by atoms with Gasteiger partial charge in [-0.05, 0) is 59.7 Å². The Bertz CT molecular complexity index is 2610. The molecule has 0 atom stereocenters. The number of hydrogen-bond acceptors (Lipinski definition) is 22. The van der Waals surface area contributed by atoms with E-state index in [0.717, 1.165) is 14.2 Å². The highest BCUT2D eigenvalue weighted by Gasteiger charge is 2.22. The van der Waals surface area contributed by atoms with Crippen molar-refractivity contribution in [1.29, 1.82) is 0 Å². The SMILES string of the molecule is COS(=O)(=O)c1cc(Nc2nc(Nc3ccccc3)nc(N(CCO)CCO)n2)ccc1C=Cc1ccc(Nc2nc(Nc3ccccc3)nc(N(CCO)CCO)n2)cc1S(=O)(=O)OC. The van der Waals surface area contributed by atoms with Crippen LogP contribution in [-0.2, 0) is 28.6 Å². The van der Waals surface area contributed by atoms with Crippen molar-refractivity contribution in [1.82, 2.24) is 29.9 Å². The Labute approximate surface area is 381 Å². The highest BCUT2D eigenvalue weighted by atomic mass is 32.2. The number of rotatable bonds is 24. The maximum atomic E-state index is 13.4. The predicted molar refractivity (Wildman–Crippen MR) is 249 cm³/mol. The van der Waals surface area contributed by atoms with Gasteiger partial charge in [0.15, 0.2) is 0 Å². The molecule has 0 amide bonds. The van der Waals surface area contributed by atoms with Crippen molar-refractivity contribution in [3.05, 3.63) is 108 Å². The van der Waals surface area contributed by atoms with E-state index in [1.165, 1.54) is 36.4 Å². The summed E-state index contributed by atoms with van der Waals surface area (Å²) in [5, 5.41) is 50.9.